The van der Waals surface area contributed by atoms with E-state index in [4.69, 9.17) is 9.72 Å². The van der Waals surface area contributed by atoms with Gasteiger partial charge in [-0.3, -0.25) is 0 Å². The number of halogens is 3. The van der Waals surface area contributed by atoms with E-state index in [0.29, 0.717) is 16.6 Å². The zero-order chi connectivity index (χ0) is 24.0. The number of fused-ring (bicyclic) bond motifs is 1. The molecule has 11 heteroatoms. The fourth-order valence-corrected chi connectivity index (χ4v) is 5.47. The Morgan fingerprint density at radius 1 is 1.17 bits per heavy atom. The highest BCUT2D eigenvalue weighted by molar-refractivity contribution is 5.94. The van der Waals surface area contributed by atoms with E-state index in [1.165, 1.54) is 0 Å². The molecule has 3 saturated heterocycles. The molecule has 3 aliphatic rings. The van der Waals surface area contributed by atoms with Gasteiger partial charge >= 0.3 is 6.18 Å². The van der Waals surface area contributed by atoms with Crippen LogP contribution < -0.4 is 15.5 Å². The molecule has 0 amide bonds. The van der Waals surface area contributed by atoms with Gasteiger partial charge in [0.05, 0.1) is 12.3 Å². The first-order valence-corrected chi connectivity index (χ1v) is 12.1. The van der Waals surface area contributed by atoms with Crippen molar-refractivity contribution in [2.45, 2.75) is 37.9 Å². The van der Waals surface area contributed by atoms with E-state index in [0.717, 1.165) is 77.1 Å². The average molecular weight is 488 g/mol. The third-order valence-corrected chi connectivity index (χ3v) is 7.28. The van der Waals surface area contributed by atoms with Crippen molar-refractivity contribution in [3.63, 3.8) is 0 Å². The number of aromatic nitrogens is 4. The number of hydrogen-bond acceptors (Lipinski definition) is 7. The summed E-state index contributed by atoms with van der Waals surface area (Å²) in [4.78, 5) is 18.3. The summed E-state index contributed by atoms with van der Waals surface area (Å²) < 4.78 is 47.3. The number of pyridine rings is 1. The normalized spacial score (nSPS) is 22.4. The number of H-pyrrole nitrogens is 1. The van der Waals surface area contributed by atoms with Crippen molar-refractivity contribution < 1.29 is 17.9 Å². The Morgan fingerprint density at radius 2 is 2.06 bits per heavy atom. The van der Waals surface area contributed by atoms with Gasteiger partial charge in [-0.15, -0.1) is 0 Å². The highest BCUT2D eigenvalue weighted by Crippen LogP contribution is 2.42. The van der Waals surface area contributed by atoms with E-state index in [-0.39, 0.29) is 23.1 Å². The lowest BCUT2D eigenvalue weighted by molar-refractivity contribution is -0.137. The van der Waals surface area contributed by atoms with Crippen LogP contribution in [0.25, 0.3) is 22.3 Å². The second-order valence-corrected chi connectivity index (χ2v) is 9.92. The van der Waals surface area contributed by atoms with Gasteiger partial charge in [0, 0.05) is 61.0 Å². The molecule has 3 fully saturated rings. The molecule has 0 radical (unpaired) electrons. The molecule has 6 heterocycles. The monoisotopic (exact) mass is 487 g/mol. The molecule has 35 heavy (non-hydrogen) atoms. The van der Waals surface area contributed by atoms with E-state index >= 15 is 0 Å². The lowest BCUT2D eigenvalue weighted by atomic mass is 9.75. The fourth-order valence-electron chi connectivity index (χ4n) is 5.47. The molecule has 8 nitrogen and oxygen atoms in total. The van der Waals surface area contributed by atoms with Crippen LogP contribution in [0.4, 0.5) is 24.9 Å². The minimum atomic E-state index is -4.58. The van der Waals surface area contributed by atoms with Crippen molar-refractivity contribution in [3.05, 3.63) is 30.1 Å². The second kappa shape index (κ2) is 8.63. The Bertz CT molecular complexity index is 1210. The van der Waals surface area contributed by atoms with Gasteiger partial charge in [-0.2, -0.15) is 13.2 Å². The molecule has 186 valence electrons. The summed E-state index contributed by atoms with van der Waals surface area (Å²) in [5.41, 5.74) is 0.0873. The molecule has 3 aromatic heterocycles. The van der Waals surface area contributed by atoms with Gasteiger partial charge in [0.25, 0.3) is 0 Å². The van der Waals surface area contributed by atoms with Crippen molar-refractivity contribution in [3.8, 4) is 11.3 Å². The minimum Gasteiger partial charge on any atom is -0.381 e. The summed E-state index contributed by atoms with van der Waals surface area (Å²) in [6.45, 7) is 5.04. The predicted octanol–water partition coefficient (Wildman–Crippen LogP) is 3.82. The van der Waals surface area contributed by atoms with Gasteiger partial charge in [0.1, 0.15) is 17.0 Å². The van der Waals surface area contributed by atoms with Gasteiger partial charge in [-0.25, -0.2) is 15.0 Å². The average Bonchev–Trinajstić information content (AvgIpc) is 3.26. The number of hydrogen-bond donors (Lipinski definition) is 3. The number of anilines is 2. The van der Waals surface area contributed by atoms with Crippen LogP contribution in [-0.4, -0.2) is 65.4 Å². The molecule has 0 unspecified atom stereocenters. The molecule has 3 aromatic rings. The van der Waals surface area contributed by atoms with Crippen LogP contribution in [0.1, 0.15) is 31.2 Å². The topological polar surface area (TPSA) is 91.0 Å². The van der Waals surface area contributed by atoms with Crippen LogP contribution in [0, 0.1) is 5.41 Å². The lowest BCUT2D eigenvalue weighted by Gasteiger charge is -2.52. The molecule has 6 rings (SSSR count). The molecular formula is C24H28F3N7O. The molecular weight excluding hydrogens is 459 g/mol. The van der Waals surface area contributed by atoms with E-state index in [1.807, 2.05) is 12.1 Å². The lowest BCUT2D eigenvalue weighted by Crippen LogP contribution is -2.60. The highest BCUT2D eigenvalue weighted by atomic mass is 19.4. The van der Waals surface area contributed by atoms with Gasteiger partial charge in [0.2, 0.25) is 5.95 Å². The van der Waals surface area contributed by atoms with E-state index < -0.39 is 11.7 Å². The fraction of sp³-hybridized carbons (Fsp3) is 0.542. The van der Waals surface area contributed by atoms with Gasteiger partial charge in [-0.05, 0) is 44.4 Å². The largest absolute Gasteiger partial charge is 0.419 e. The summed E-state index contributed by atoms with van der Waals surface area (Å²) in [5.74, 6) is 1.01. The van der Waals surface area contributed by atoms with E-state index in [1.54, 1.807) is 6.20 Å². The Hall–Kier alpha value is -2.92. The number of ether oxygens (including phenoxy) is 1. The summed E-state index contributed by atoms with van der Waals surface area (Å²) >= 11 is 0. The zero-order valence-electron chi connectivity index (χ0n) is 19.3. The van der Waals surface area contributed by atoms with Crippen LogP contribution in [0.2, 0.25) is 0 Å². The summed E-state index contributed by atoms with van der Waals surface area (Å²) in [7, 11) is 0. The molecule has 1 atom stereocenters. The molecule has 0 saturated carbocycles. The molecule has 0 aromatic carbocycles. The third-order valence-electron chi connectivity index (χ3n) is 7.28. The van der Waals surface area contributed by atoms with Gasteiger partial charge in [0.15, 0.2) is 0 Å². The third kappa shape index (κ3) is 4.31. The number of piperidine rings is 1. The van der Waals surface area contributed by atoms with Crippen LogP contribution in [0.3, 0.4) is 0 Å². The first kappa shape index (κ1) is 22.5. The molecule has 0 bridgehead atoms. The molecule has 3 aliphatic heterocycles. The zero-order valence-corrected chi connectivity index (χ0v) is 19.3. The smallest absolute Gasteiger partial charge is 0.381 e. The standard InChI is InChI=1S/C24H28F3N7O/c25-24(26,27)18-11-30-22(31-15-3-1-7-28-9-15)33-20(18)17-10-29-21-16(17)4-5-19(32-21)34-12-23(13-34)6-2-8-35-14-23/h4-5,10-11,15,28H,1-3,6-9,12-14H2,(H,29,32)(H,30,31,33)/t15-/m0/s1. The van der Waals surface area contributed by atoms with Crippen LogP contribution >= 0.6 is 0 Å². The van der Waals surface area contributed by atoms with Crippen LogP contribution in [-0.2, 0) is 10.9 Å². The van der Waals surface area contributed by atoms with Crippen molar-refractivity contribution in [2.75, 3.05) is 49.6 Å². The number of nitrogens with one attached hydrogen (secondary N) is 3. The summed E-state index contributed by atoms with van der Waals surface area (Å²) in [6, 6.07) is 3.78. The first-order valence-electron chi connectivity index (χ1n) is 12.1. The number of rotatable bonds is 4. The maximum absolute atomic E-state index is 13.9. The molecule has 1 spiro atoms. The number of alkyl halides is 3. The van der Waals surface area contributed by atoms with Crippen molar-refractivity contribution >= 4 is 22.8 Å². The molecule has 3 N–H and O–H groups in total. The van der Waals surface area contributed by atoms with E-state index in [9.17, 15) is 13.2 Å². The van der Waals surface area contributed by atoms with Crippen molar-refractivity contribution in [2.24, 2.45) is 5.41 Å². The summed E-state index contributed by atoms with van der Waals surface area (Å²) in [5, 5.41) is 7.06. The first-order chi connectivity index (χ1) is 16.9. The predicted molar refractivity (Wildman–Crippen MR) is 126 cm³/mol. The maximum atomic E-state index is 13.9. The summed E-state index contributed by atoms with van der Waals surface area (Å²) in [6.07, 6.45) is 1.98. The Labute approximate surface area is 200 Å². The quantitative estimate of drug-likeness (QED) is 0.515. The van der Waals surface area contributed by atoms with Crippen molar-refractivity contribution in [1.29, 1.82) is 0 Å². The SMILES string of the molecule is FC(F)(F)c1cnc(N[C@H]2CCCNC2)nc1-c1c[nH]c2nc(N3CC4(CCCOC4)C3)ccc12. The van der Waals surface area contributed by atoms with Crippen LogP contribution in [0.15, 0.2) is 24.5 Å². The van der Waals surface area contributed by atoms with Gasteiger partial charge in [-0.1, -0.05) is 0 Å². The van der Waals surface area contributed by atoms with Crippen molar-refractivity contribution in [1.82, 2.24) is 25.3 Å². The highest BCUT2D eigenvalue weighted by Gasteiger charge is 2.45. The Morgan fingerprint density at radius 3 is 2.80 bits per heavy atom. The Balaban J connectivity index is 1.30. The minimum absolute atomic E-state index is 0.0786. The maximum Gasteiger partial charge on any atom is 0.419 e. The molecule has 0 aliphatic carbocycles. The Kier molecular flexibility index (Phi) is 5.56. The number of nitrogens with zero attached hydrogens (tertiary/aromatic N) is 4. The van der Waals surface area contributed by atoms with Crippen LogP contribution in [0.5, 0.6) is 0 Å². The number of aromatic amines is 1. The van der Waals surface area contributed by atoms with E-state index in [2.05, 4.69) is 30.5 Å². The van der Waals surface area contributed by atoms with Gasteiger partial charge < -0.3 is 25.3 Å². The second-order valence-electron chi connectivity index (χ2n) is 9.92.